The van der Waals surface area contributed by atoms with Crippen molar-refractivity contribution in [1.82, 2.24) is 20.1 Å². The molecule has 0 aliphatic heterocycles. The van der Waals surface area contributed by atoms with Crippen molar-refractivity contribution in [2.75, 3.05) is 11.9 Å². The lowest BCUT2D eigenvalue weighted by molar-refractivity contribution is -0.118. The van der Waals surface area contributed by atoms with E-state index < -0.39 is 6.04 Å². The van der Waals surface area contributed by atoms with E-state index in [0.29, 0.717) is 12.4 Å². The first-order chi connectivity index (χ1) is 16.5. The van der Waals surface area contributed by atoms with Crippen LogP contribution in [0.3, 0.4) is 0 Å². The Balaban J connectivity index is 1.31. The minimum absolute atomic E-state index is 0.0432. The first-order valence-corrected chi connectivity index (χ1v) is 11.7. The lowest BCUT2D eigenvalue weighted by Crippen LogP contribution is -2.37. The first-order valence-electron chi connectivity index (χ1n) is 11.3. The number of aromatic nitrogens is 3. The second-order valence-electron chi connectivity index (χ2n) is 8.84. The van der Waals surface area contributed by atoms with Gasteiger partial charge in [-0.15, -0.1) is 0 Å². The number of nitrogens with one attached hydrogen (secondary N) is 2. The van der Waals surface area contributed by atoms with E-state index in [9.17, 15) is 4.79 Å². The van der Waals surface area contributed by atoms with Gasteiger partial charge in [-0.1, -0.05) is 54.1 Å². The monoisotopic (exact) mass is 471 g/mol. The molecular weight excluding hydrogens is 446 g/mol. The zero-order chi connectivity index (χ0) is 23.5. The maximum absolute atomic E-state index is 13.3. The lowest BCUT2D eigenvalue weighted by Gasteiger charge is -2.23. The average Bonchev–Trinajstić information content (AvgIpc) is 3.52. The highest BCUT2D eigenvalue weighted by Gasteiger charge is 2.44. The molecular formula is C27H26ClN5O. The Bertz CT molecular complexity index is 1260. The summed E-state index contributed by atoms with van der Waals surface area (Å²) in [7, 11) is 1.88. The molecule has 0 radical (unpaired) electrons. The third-order valence-corrected chi connectivity index (χ3v) is 6.65. The van der Waals surface area contributed by atoms with Crippen molar-refractivity contribution >= 4 is 23.3 Å². The van der Waals surface area contributed by atoms with Gasteiger partial charge in [0.15, 0.2) is 0 Å². The van der Waals surface area contributed by atoms with Gasteiger partial charge in [-0.25, -0.2) is 4.98 Å². The second kappa shape index (κ2) is 9.41. The fourth-order valence-corrected chi connectivity index (χ4v) is 4.36. The number of carbonyl (C=O) groups excluding carboxylic acids is 1. The van der Waals surface area contributed by atoms with Crippen LogP contribution in [0.2, 0.25) is 5.02 Å². The van der Waals surface area contributed by atoms with Crippen molar-refractivity contribution < 1.29 is 4.79 Å². The third kappa shape index (κ3) is 4.88. The predicted molar refractivity (Wildman–Crippen MR) is 135 cm³/mol. The van der Waals surface area contributed by atoms with E-state index in [4.69, 9.17) is 11.6 Å². The summed E-state index contributed by atoms with van der Waals surface area (Å²) >= 11 is 6.08. The van der Waals surface area contributed by atoms with Crippen LogP contribution in [0.15, 0.2) is 85.3 Å². The van der Waals surface area contributed by atoms with Crippen LogP contribution >= 0.6 is 11.6 Å². The van der Waals surface area contributed by atoms with Crippen LogP contribution in [0.4, 0.5) is 5.82 Å². The Hall–Kier alpha value is -3.48. The molecule has 1 aliphatic rings. The van der Waals surface area contributed by atoms with Crippen LogP contribution in [0.25, 0.3) is 11.1 Å². The summed E-state index contributed by atoms with van der Waals surface area (Å²) in [5, 5.41) is 11.4. The number of hydrogen-bond acceptors (Lipinski definition) is 4. The van der Waals surface area contributed by atoms with Gasteiger partial charge < -0.3 is 10.6 Å². The lowest BCUT2D eigenvalue weighted by atomic mass is 9.95. The fraction of sp³-hybridized carbons (Fsp3) is 0.222. The summed E-state index contributed by atoms with van der Waals surface area (Å²) < 4.78 is 1.75. The quantitative estimate of drug-likeness (QED) is 0.373. The number of halogens is 1. The first kappa shape index (κ1) is 22.3. The standard InChI is InChI=1S/C27H26ClN5O/c1-33-17-21(16-31-33)20-7-12-24(29-15-20)32-26(34)25(19-5-3-2-4-6-19)30-18-27(13-14-27)22-8-10-23(28)11-9-22/h2-12,15-17,25,30H,13-14,18H2,1H3,(H,29,32,34)/t25-/m1/s1. The summed E-state index contributed by atoms with van der Waals surface area (Å²) in [4.78, 5) is 17.8. The van der Waals surface area contributed by atoms with Crippen molar-refractivity contribution in [2.45, 2.75) is 24.3 Å². The highest BCUT2D eigenvalue weighted by molar-refractivity contribution is 6.30. The number of pyridine rings is 1. The van der Waals surface area contributed by atoms with Gasteiger partial charge in [-0.2, -0.15) is 5.10 Å². The van der Waals surface area contributed by atoms with Gasteiger partial charge in [0.25, 0.3) is 0 Å². The molecule has 0 bridgehead atoms. The SMILES string of the molecule is Cn1cc(-c2ccc(NC(=O)[C@H](NCC3(c4ccc(Cl)cc4)CC3)c3ccccc3)nc2)cn1. The molecule has 172 valence electrons. The van der Waals surface area contributed by atoms with Gasteiger partial charge in [0, 0.05) is 47.6 Å². The van der Waals surface area contributed by atoms with Crippen LogP contribution in [-0.4, -0.2) is 27.2 Å². The molecule has 0 spiro atoms. The van der Waals surface area contributed by atoms with Crippen molar-refractivity contribution in [2.24, 2.45) is 7.05 Å². The van der Waals surface area contributed by atoms with Crippen LogP contribution < -0.4 is 10.6 Å². The summed E-state index contributed by atoms with van der Waals surface area (Å²) in [6.45, 7) is 0.703. The van der Waals surface area contributed by atoms with Crippen LogP contribution in [0.5, 0.6) is 0 Å². The number of carbonyl (C=O) groups is 1. The summed E-state index contributed by atoms with van der Waals surface area (Å²) in [5.74, 6) is 0.374. The Labute approximate surface area is 204 Å². The van der Waals surface area contributed by atoms with Gasteiger partial charge >= 0.3 is 0 Å². The van der Waals surface area contributed by atoms with E-state index >= 15 is 0 Å². The Morgan fingerprint density at radius 2 is 1.79 bits per heavy atom. The number of benzene rings is 2. The highest BCUT2D eigenvalue weighted by atomic mass is 35.5. The fourth-order valence-electron chi connectivity index (χ4n) is 4.23. The zero-order valence-electron chi connectivity index (χ0n) is 18.9. The van der Waals surface area contributed by atoms with E-state index in [1.54, 1.807) is 17.1 Å². The molecule has 1 atom stereocenters. The van der Waals surface area contributed by atoms with E-state index in [2.05, 4.69) is 32.8 Å². The molecule has 5 rings (SSSR count). The molecule has 1 aliphatic carbocycles. The number of nitrogens with zero attached hydrogens (tertiary/aromatic N) is 3. The molecule has 2 N–H and O–H groups in total. The number of hydrogen-bond donors (Lipinski definition) is 2. The highest BCUT2D eigenvalue weighted by Crippen LogP contribution is 2.48. The molecule has 0 saturated heterocycles. The molecule has 2 aromatic carbocycles. The molecule has 1 amide bonds. The van der Waals surface area contributed by atoms with E-state index in [1.807, 2.05) is 67.8 Å². The topological polar surface area (TPSA) is 71.8 Å². The van der Waals surface area contributed by atoms with Gasteiger partial charge in [0.1, 0.15) is 11.9 Å². The third-order valence-electron chi connectivity index (χ3n) is 6.40. The maximum atomic E-state index is 13.3. The Morgan fingerprint density at radius 1 is 1.03 bits per heavy atom. The molecule has 1 fully saturated rings. The Morgan fingerprint density at radius 3 is 2.41 bits per heavy atom. The Kier molecular flexibility index (Phi) is 6.18. The van der Waals surface area contributed by atoms with E-state index in [-0.39, 0.29) is 11.3 Å². The summed E-state index contributed by atoms with van der Waals surface area (Å²) in [5.41, 5.74) is 4.14. The molecule has 1 saturated carbocycles. The number of amides is 1. The van der Waals surface area contributed by atoms with Crippen molar-refractivity contribution in [3.8, 4) is 11.1 Å². The van der Waals surface area contributed by atoms with Gasteiger partial charge in [0.05, 0.1) is 6.20 Å². The number of aryl methyl sites for hydroxylation is 1. The molecule has 34 heavy (non-hydrogen) atoms. The zero-order valence-corrected chi connectivity index (χ0v) is 19.7. The van der Waals surface area contributed by atoms with Crippen LogP contribution in [0, 0.1) is 0 Å². The number of anilines is 1. The summed E-state index contributed by atoms with van der Waals surface area (Å²) in [6, 6.07) is 21.1. The molecule has 0 unspecified atom stereocenters. The smallest absolute Gasteiger partial charge is 0.247 e. The summed E-state index contributed by atoms with van der Waals surface area (Å²) in [6.07, 6.45) is 7.64. The van der Waals surface area contributed by atoms with Crippen LogP contribution in [-0.2, 0) is 17.3 Å². The van der Waals surface area contributed by atoms with E-state index in [0.717, 1.165) is 34.6 Å². The average molecular weight is 472 g/mol. The normalized spacial score (nSPS) is 15.0. The van der Waals surface area contributed by atoms with Gasteiger partial charge in [-0.3, -0.25) is 9.48 Å². The molecule has 2 heterocycles. The predicted octanol–water partition coefficient (Wildman–Crippen LogP) is 5.14. The number of rotatable bonds is 8. The van der Waals surface area contributed by atoms with Gasteiger partial charge in [0.2, 0.25) is 5.91 Å². The largest absolute Gasteiger partial charge is 0.309 e. The minimum atomic E-state index is -0.495. The van der Waals surface area contributed by atoms with E-state index in [1.165, 1.54) is 5.56 Å². The van der Waals surface area contributed by atoms with Crippen molar-refractivity contribution in [3.05, 3.63) is 101 Å². The van der Waals surface area contributed by atoms with Crippen molar-refractivity contribution in [3.63, 3.8) is 0 Å². The molecule has 4 aromatic rings. The molecule has 7 heteroatoms. The minimum Gasteiger partial charge on any atom is -0.309 e. The molecule has 2 aromatic heterocycles. The van der Waals surface area contributed by atoms with Gasteiger partial charge in [-0.05, 0) is 48.2 Å². The second-order valence-corrected chi connectivity index (χ2v) is 9.27. The van der Waals surface area contributed by atoms with Crippen LogP contribution in [0.1, 0.15) is 30.0 Å². The maximum Gasteiger partial charge on any atom is 0.247 e. The molecule has 6 nitrogen and oxygen atoms in total. The van der Waals surface area contributed by atoms with Crippen molar-refractivity contribution in [1.29, 1.82) is 0 Å².